The maximum absolute atomic E-state index is 13.4. The van der Waals surface area contributed by atoms with Crippen LogP contribution in [0.5, 0.6) is 11.5 Å². The number of rotatable bonds is 5. The summed E-state index contributed by atoms with van der Waals surface area (Å²) >= 11 is 0. The van der Waals surface area contributed by atoms with Crippen LogP contribution in [-0.2, 0) is 30.3 Å². The lowest BCUT2D eigenvalue weighted by molar-refractivity contribution is -0.175. The second-order valence-corrected chi connectivity index (χ2v) is 9.84. The van der Waals surface area contributed by atoms with Gasteiger partial charge in [-0.3, -0.25) is 19.2 Å². The normalized spacial score (nSPS) is 20.0. The molecule has 0 aliphatic heterocycles. The molecule has 0 fully saturated rings. The lowest BCUT2D eigenvalue weighted by atomic mass is 9.72. The Morgan fingerprint density at radius 3 is 1.98 bits per heavy atom. The van der Waals surface area contributed by atoms with Gasteiger partial charge in [-0.25, -0.2) is 4.79 Å². The maximum atomic E-state index is 13.4. The van der Waals surface area contributed by atoms with Crippen molar-refractivity contribution in [2.24, 2.45) is 0 Å². The SMILES string of the molecule is CC(=O)O[C@H](C(=O)O[C@@H]1C[C@@](O)(C(C)=O)Cc2c(O)c3c(c(O)c21)C(=O)c1ccccc1C3=O)c1ccccc1. The van der Waals surface area contributed by atoms with Gasteiger partial charge in [-0.05, 0) is 6.92 Å². The van der Waals surface area contributed by atoms with E-state index in [0.29, 0.717) is 0 Å². The molecule has 2 aliphatic rings. The average Bonchev–Trinajstić information content (AvgIpc) is 2.92. The number of carbonyl (C=O) groups excluding carboxylic acids is 5. The first-order chi connectivity index (χ1) is 18.9. The maximum Gasteiger partial charge on any atom is 0.352 e. The molecule has 0 saturated carbocycles. The van der Waals surface area contributed by atoms with Crippen LogP contribution in [0, 0.1) is 0 Å². The molecule has 204 valence electrons. The fraction of sp³-hybridized carbons (Fsp3) is 0.233. The summed E-state index contributed by atoms with van der Waals surface area (Å²) in [6.45, 7) is 2.21. The summed E-state index contributed by atoms with van der Waals surface area (Å²) in [6.07, 6.45) is -4.15. The molecule has 2 aliphatic carbocycles. The number of ether oxygens (including phenoxy) is 2. The van der Waals surface area contributed by atoms with Gasteiger partial charge in [0.15, 0.2) is 17.3 Å². The van der Waals surface area contributed by atoms with Crippen LogP contribution in [0.15, 0.2) is 54.6 Å². The molecule has 10 heteroatoms. The van der Waals surface area contributed by atoms with E-state index in [1.165, 1.54) is 24.3 Å². The van der Waals surface area contributed by atoms with E-state index < -0.39 is 82.6 Å². The molecular formula is C30H24O10. The number of benzene rings is 3. The van der Waals surface area contributed by atoms with Crippen molar-refractivity contribution in [3.63, 3.8) is 0 Å². The number of phenols is 2. The zero-order valence-corrected chi connectivity index (χ0v) is 21.5. The number of ketones is 3. The molecule has 0 saturated heterocycles. The van der Waals surface area contributed by atoms with Gasteiger partial charge in [0, 0.05) is 47.6 Å². The van der Waals surface area contributed by atoms with E-state index in [9.17, 15) is 39.3 Å². The Balaban J connectivity index is 1.67. The zero-order valence-electron chi connectivity index (χ0n) is 21.5. The predicted molar refractivity (Wildman–Crippen MR) is 137 cm³/mol. The molecule has 5 rings (SSSR count). The summed E-state index contributed by atoms with van der Waals surface area (Å²) in [6, 6.07) is 13.9. The fourth-order valence-corrected chi connectivity index (χ4v) is 5.30. The van der Waals surface area contributed by atoms with Gasteiger partial charge in [-0.15, -0.1) is 0 Å². The van der Waals surface area contributed by atoms with Gasteiger partial charge in [-0.1, -0.05) is 54.6 Å². The van der Waals surface area contributed by atoms with Crippen molar-refractivity contribution in [1.82, 2.24) is 0 Å². The Labute approximate surface area is 227 Å². The lowest BCUT2D eigenvalue weighted by Gasteiger charge is -2.38. The molecule has 0 unspecified atom stereocenters. The van der Waals surface area contributed by atoms with Crippen molar-refractivity contribution in [2.45, 2.75) is 44.5 Å². The third-order valence-electron chi connectivity index (χ3n) is 7.29. The largest absolute Gasteiger partial charge is 0.507 e. The second-order valence-electron chi connectivity index (χ2n) is 9.84. The van der Waals surface area contributed by atoms with Crippen molar-refractivity contribution in [2.75, 3.05) is 0 Å². The van der Waals surface area contributed by atoms with Crippen LogP contribution in [0.25, 0.3) is 0 Å². The molecule has 0 aromatic heterocycles. The van der Waals surface area contributed by atoms with E-state index in [1.54, 1.807) is 30.3 Å². The van der Waals surface area contributed by atoms with Crippen molar-refractivity contribution >= 4 is 29.3 Å². The van der Waals surface area contributed by atoms with Crippen LogP contribution in [0.3, 0.4) is 0 Å². The average molecular weight is 545 g/mol. The minimum atomic E-state index is -2.15. The highest BCUT2D eigenvalue weighted by Crippen LogP contribution is 2.51. The summed E-state index contributed by atoms with van der Waals surface area (Å²) in [7, 11) is 0. The predicted octanol–water partition coefficient (Wildman–Crippen LogP) is 3.03. The number of aliphatic hydroxyl groups is 1. The first-order valence-electron chi connectivity index (χ1n) is 12.4. The van der Waals surface area contributed by atoms with Crippen LogP contribution in [0.2, 0.25) is 0 Å². The van der Waals surface area contributed by atoms with Gasteiger partial charge in [0.05, 0.1) is 11.1 Å². The van der Waals surface area contributed by atoms with Crippen LogP contribution < -0.4 is 0 Å². The molecule has 10 nitrogen and oxygen atoms in total. The van der Waals surface area contributed by atoms with Crippen LogP contribution in [0.1, 0.15) is 81.0 Å². The van der Waals surface area contributed by atoms with Crippen molar-refractivity contribution in [3.8, 4) is 11.5 Å². The first-order valence-corrected chi connectivity index (χ1v) is 12.4. The molecular weight excluding hydrogens is 520 g/mol. The monoisotopic (exact) mass is 544 g/mol. The van der Waals surface area contributed by atoms with Crippen LogP contribution >= 0.6 is 0 Å². The van der Waals surface area contributed by atoms with E-state index >= 15 is 0 Å². The highest BCUT2D eigenvalue weighted by molar-refractivity contribution is 6.30. The van der Waals surface area contributed by atoms with E-state index in [4.69, 9.17) is 9.47 Å². The molecule has 0 radical (unpaired) electrons. The number of fused-ring (bicyclic) bond motifs is 3. The molecule has 0 amide bonds. The highest BCUT2D eigenvalue weighted by atomic mass is 16.6. The van der Waals surface area contributed by atoms with Gasteiger partial charge in [0.1, 0.15) is 23.2 Å². The number of esters is 2. The molecule has 3 atom stereocenters. The minimum Gasteiger partial charge on any atom is -0.507 e. The lowest BCUT2D eigenvalue weighted by Crippen LogP contribution is -2.45. The molecule has 3 N–H and O–H groups in total. The molecule has 3 aromatic rings. The third-order valence-corrected chi connectivity index (χ3v) is 7.29. The molecule has 3 aromatic carbocycles. The summed E-state index contributed by atoms with van der Waals surface area (Å²) in [5, 5.41) is 33.9. The standard InChI is InChI=1S/C30H24O10/c1-14(31)30(38)12-19-21(20(13-30)40-29(37)28(39-15(2)32)16-8-4-3-5-9-16)27(36)23-22(26(19)35)24(33)17-10-6-7-11-18(17)25(23)34/h3-11,20,28,35-36,38H,12-13H2,1-2H3/t20-,28+,30-/m1/s1. The first kappa shape index (κ1) is 26.8. The number of hydrogen-bond donors (Lipinski definition) is 3. The Bertz CT molecular complexity index is 1610. The smallest absolute Gasteiger partial charge is 0.352 e. The molecule has 0 bridgehead atoms. The molecule has 0 spiro atoms. The summed E-state index contributed by atoms with van der Waals surface area (Å²) in [5.74, 6) is -5.49. The van der Waals surface area contributed by atoms with E-state index in [2.05, 4.69) is 0 Å². The molecule has 0 heterocycles. The van der Waals surface area contributed by atoms with Crippen LogP contribution in [0.4, 0.5) is 0 Å². The Morgan fingerprint density at radius 1 is 0.875 bits per heavy atom. The number of carbonyl (C=O) groups is 5. The third kappa shape index (κ3) is 4.22. The van der Waals surface area contributed by atoms with Gasteiger partial charge in [0.2, 0.25) is 6.10 Å². The van der Waals surface area contributed by atoms with E-state index in [0.717, 1.165) is 13.8 Å². The Morgan fingerprint density at radius 2 is 1.43 bits per heavy atom. The van der Waals surface area contributed by atoms with Gasteiger partial charge in [-0.2, -0.15) is 0 Å². The summed E-state index contributed by atoms with van der Waals surface area (Å²) in [4.78, 5) is 64.4. The Kier molecular flexibility index (Phi) is 6.51. The van der Waals surface area contributed by atoms with Gasteiger partial charge < -0.3 is 24.8 Å². The van der Waals surface area contributed by atoms with Crippen molar-refractivity contribution < 1.29 is 48.8 Å². The van der Waals surface area contributed by atoms with E-state index in [1.807, 2.05) is 0 Å². The van der Waals surface area contributed by atoms with E-state index in [-0.39, 0.29) is 27.8 Å². The Hall–Kier alpha value is -4.83. The van der Waals surface area contributed by atoms with Gasteiger partial charge in [0.25, 0.3) is 0 Å². The molecule has 40 heavy (non-hydrogen) atoms. The topological polar surface area (TPSA) is 164 Å². The van der Waals surface area contributed by atoms with Crippen molar-refractivity contribution in [1.29, 1.82) is 0 Å². The number of aromatic hydroxyl groups is 2. The summed E-state index contributed by atoms with van der Waals surface area (Å²) < 4.78 is 10.8. The summed E-state index contributed by atoms with van der Waals surface area (Å²) in [5.41, 5.74) is -3.25. The number of phenolic OH excluding ortho intramolecular Hbond substituents is 2. The number of hydrogen-bond acceptors (Lipinski definition) is 10. The zero-order chi connectivity index (χ0) is 28.9. The van der Waals surface area contributed by atoms with Crippen molar-refractivity contribution in [3.05, 3.63) is 93.5 Å². The number of Topliss-reactive ketones (excluding diaryl/α,β-unsaturated/α-hetero) is 1. The van der Waals surface area contributed by atoms with Gasteiger partial charge >= 0.3 is 11.9 Å². The van der Waals surface area contributed by atoms with Crippen LogP contribution in [-0.4, -0.2) is 50.2 Å². The fourth-order valence-electron chi connectivity index (χ4n) is 5.30. The second kappa shape index (κ2) is 9.73. The highest BCUT2D eigenvalue weighted by Gasteiger charge is 2.49. The minimum absolute atomic E-state index is 0.0123. The quantitative estimate of drug-likeness (QED) is 0.251.